The van der Waals surface area contributed by atoms with E-state index in [4.69, 9.17) is 5.73 Å². The summed E-state index contributed by atoms with van der Waals surface area (Å²) in [6, 6.07) is 8.37. The molecule has 2 N–H and O–H groups in total. The van der Waals surface area contributed by atoms with Crippen LogP contribution in [0.2, 0.25) is 0 Å². The summed E-state index contributed by atoms with van der Waals surface area (Å²) in [5.74, 6) is -0.180. The Bertz CT molecular complexity index is 1000. The Kier molecular flexibility index (Phi) is 5.79. The first-order valence-corrected chi connectivity index (χ1v) is 9.91. The van der Waals surface area contributed by atoms with Gasteiger partial charge < -0.3 is 10.6 Å². The molecule has 0 radical (unpaired) electrons. The summed E-state index contributed by atoms with van der Waals surface area (Å²) in [4.78, 5) is 16.6. The van der Waals surface area contributed by atoms with Gasteiger partial charge in [0, 0.05) is 18.5 Å². The summed E-state index contributed by atoms with van der Waals surface area (Å²) >= 11 is 1.47. The SMILES string of the molecule is Cc1nn(Cc2ccc(F)cc2)c2sc(C(=O)N3CCC(C)(CN)C3)cc12.Cl. The third-order valence-corrected chi connectivity index (χ3v) is 6.54. The number of fused-ring (bicyclic) bond motifs is 1. The zero-order valence-electron chi connectivity index (χ0n) is 15.9. The highest BCUT2D eigenvalue weighted by Crippen LogP contribution is 2.33. The second kappa shape index (κ2) is 7.81. The molecular formula is C20H24ClFN4OS. The van der Waals surface area contributed by atoms with E-state index in [1.54, 1.807) is 12.1 Å². The molecule has 8 heteroatoms. The van der Waals surface area contributed by atoms with Gasteiger partial charge in [0.15, 0.2) is 0 Å². The zero-order valence-corrected chi connectivity index (χ0v) is 17.6. The summed E-state index contributed by atoms with van der Waals surface area (Å²) in [6.07, 6.45) is 0.942. The lowest BCUT2D eigenvalue weighted by molar-refractivity contribution is 0.0782. The predicted molar refractivity (Wildman–Crippen MR) is 113 cm³/mol. The molecule has 1 aliphatic heterocycles. The number of hydrogen-bond acceptors (Lipinski definition) is 4. The number of thiophene rings is 1. The third kappa shape index (κ3) is 3.79. The number of amides is 1. The monoisotopic (exact) mass is 422 g/mol. The molecule has 1 unspecified atom stereocenters. The van der Waals surface area contributed by atoms with Crippen molar-refractivity contribution in [2.45, 2.75) is 26.8 Å². The fraction of sp³-hybridized carbons (Fsp3) is 0.400. The van der Waals surface area contributed by atoms with Gasteiger partial charge in [-0.3, -0.25) is 9.48 Å². The number of aromatic nitrogens is 2. The number of nitrogens with zero attached hydrogens (tertiary/aromatic N) is 3. The number of carbonyl (C=O) groups excluding carboxylic acids is 1. The Morgan fingerprint density at radius 3 is 2.71 bits per heavy atom. The minimum atomic E-state index is -0.250. The van der Waals surface area contributed by atoms with Gasteiger partial charge in [-0.1, -0.05) is 19.1 Å². The molecule has 3 aromatic rings. The van der Waals surface area contributed by atoms with E-state index in [2.05, 4.69) is 12.0 Å². The second-order valence-corrected chi connectivity index (χ2v) is 8.72. The second-order valence-electron chi connectivity index (χ2n) is 7.69. The Morgan fingerprint density at radius 2 is 2.07 bits per heavy atom. The molecule has 0 bridgehead atoms. The van der Waals surface area contributed by atoms with Crippen LogP contribution in [-0.2, 0) is 6.54 Å². The molecule has 0 spiro atoms. The Labute approximate surface area is 173 Å². The van der Waals surface area contributed by atoms with Crippen molar-refractivity contribution in [1.82, 2.24) is 14.7 Å². The smallest absolute Gasteiger partial charge is 0.264 e. The highest BCUT2D eigenvalue weighted by Gasteiger charge is 2.35. The van der Waals surface area contributed by atoms with Gasteiger partial charge >= 0.3 is 0 Å². The van der Waals surface area contributed by atoms with Crippen molar-refractivity contribution in [1.29, 1.82) is 0 Å². The standard InChI is InChI=1S/C20H23FN4OS.ClH/c1-13-16-9-17(18(26)24-8-7-20(2,11-22)12-24)27-19(16)25(23-13)10-14-3-5-15(21)6-4-14;/h3-6,9H,7-8,10-12,22H2,1-2H3;1H. The quantitative estimate of drug-likeness (QED) is 0.695. The summed E-state index contributed by atoms with van der Waals surface area (Å²) in [7, 11) is 0. The average molecular weight is 423 g/mol. The van der Waals surface area contributed by atoms with E-state index in [0.29, 0.717) is 19.6 Å². The molecule has 0 saturated carbocycles. The van der Waals surface area contributed by atoms with Crippen molar-refractivity contribution in [2.24, 2.45) is 11.1 Å². The summed E-state index contributed by atoms with van der Waals surface area (Å²) in [5, 5.41) is 5.60. The Balaban J connectivity index is 0.00000225. The van der Waals surface area contributed by atoms with Crippen molar-refractivity contribution in [2.75, 3.05) is 19.6 Å². The maximum Gasteiger partial charge on any atom is 0.264 e. The molecule has 5 nitrogen and oxygen atoms in total. The van der Waals surface area contributed by atoms with E-state index in [-0.39, 0.29) is 29.5 Å². The molecule has 1 fully saturated rings. The number of hydrogen-bond donors (Lipinski definition) is 1. The van der Waals surface area contributed by atoms with Crippen LogP contribution < -0.4 is 5.73 Å². The van der Waals surface area contributed by atoms with E-state index in [1.165, 1.54) is 23.5 Å². The highest BCUT2D eigenvalue weighted by molar-refractivity contribution is 7.20. The minimum Gasteiger partial charge on any atom is -0.337 e. The van der Waals surface area contributed by atoms with Crippen LogP contribution in [0, 0.1) is 18.2 Å². The molecule has 1 saturated heterocycles. The maximum absolute atomic E-state index is 13.1. The predicted octanol–water partition coefficient (Wildman–Crippen LogP) is 3.83. The van der Waals surface area contributed by atoms with Crippen LogP contribution in [0.3, 0.4) is 0 Å². The lowest BCUT2D eigenvalue weighted by Gasteiger charge is -2.22. The molecule has 150 valence electrons. The summed E-state index contributed by atoms with van der Waals surface area (Å²) in [6.45, 7) is 6.68. The van der Waals surface area contributed by atoms with Crippen LogP contribution in [0.25, 0.3) is 10.2 Å². The van der Waals surface area contributed by atoms with Gasteiger partial charge in [-0.2, -0.15) is 5.10 Å². The van der Waals surface area contributed by atoms with Gasteiger partial charge in [0.1, 0.15) is 10.6 Å². The molecule has 3 heterocycles. The summed E-state index contributed by atoms with van der Waals surface area (Å²) in [5.41, 5.74) is 7.75. The number of rotatable bonds is 4. The van der Waals surface area contributed by atoms with Crippen molar-refractivity contribution in [3.05, 3.63) is 52.3 Å². The Morgan fingerprint density at radius 1 is 1.36 bits per heavy atom. The van der Waals surface area contributed by atoms with E-state index in [0.717, 1.165) is 39.3 Å². The van der Waals surface area contributed by atoms with Crippen LogP contribution in [0.5, 0.6) is 0 Å². The van der Waals surface area contributed by atoms with E-state index in [1.807, 2.05) is 22.6 Å². The number of carbonyl (C=O) groups is 1. The minimum absolute atomic E-state index is 0. The van der Waals surface area contributed by atoms with Gasteiger partial charge in [-0.25, -0.2) is 4.39 Å². The van der Waals surface area contributed by atoms with Crippen LogP contribution in [0.4, 0.5) is 4.39 Å². The molecule has 28 heavy (non-hydrogen) atoms. The molecule has 1 amide bonds. The molecule has 1 aromatic carbocycles. The van der Waals surface area contributed by atoms with E-state index < -0.39 is 0 Å². The van der Waals surface area contributed by atoms with Crippen molar-refractivity contribution < 1.29 is 9.18 Å². The first kappa shape index (κ1) is 20.8. The maximum atomic E-state index is 13.1. The number of likely N-dealkylation sites (tertiary alicyclic amines) is 1. The van der Waals surface area contributed by atoms with Gasteiger partial charge in [0.25, 0.3) is 5.91 Å². The van der Waals surface area contributed by atoms with Crippen molar-refractivity contribution in [3.63, 3.8) is 0 Å². The molecule has 0 aliphatic carbocycles. The van der Waals surface area contributed by atoms with Crippen molar-refractivity contribution >= 4 is 39.9 Å². The molecular weight excluding hydrogens is 399 g/mol. The molecule has 4 rings (SSSR count). The normalized spacial score (nSPS) is 19.2. The first-order chi connectivity index (χ1) is 12.9. The topological polar surface area (TPSA) is 64.2 Å². The van der Waals surface area contributed by atoms with Crippen LogP contribution >= 0.6 is 23.7 Å². The van der Waals surface area contributed by atoms with Gasteiger partial charge in [0.05, 0.1) is 17.1 Å². The summed E-state index contributed by atoms with van der Waals surface area (Å²) < 4.78 is 15.0. The third-order valence-electron chi connectivity index (χ3n) is 5.40. The lowest BCUT2D eigenvalue weighted by Crippen LogP contribution is -2.34. The first-order valence-electron chi connectivity index (χ1n) is 9.09. The van der Waals surface area contributed by atoms with Crippen LogP contribution in [-0.4, -0.2) is 40.2 Å². The van der Waals surface area contributed by atoms with Crippen molar-refractivity contribution in [3.8, 4) is 0 Å². The Hall–Kier alpha value is -1.96. The number of benzene rings is 1. The zero-order chi connectivity index (χ0) is 19.2. The van der Waals surface area contributed by atoms with Gasteiger partial charge in [-0.05, 0) is 49.1 Å². The number of halogens is 2. The van der Waals surface area contributed by atoms with Crippen LogP contribution in [0.1, 0.15) is 34.3 Å². The number of nitrogens with two attached hydrogens (primary N) is 1. The lowest BCUT2D eigenvalue weighted by atomic mass is 9.90. The van der Waals surface area contributed by atoms with E-state index >= 15 is 0 Å². The van der Waals surface area contributed by atoms with Crippen LogP contribution in [0.15, 0.2) is 30.3 Å². The largest absolute Gasteiger partial charge is 0.337 e. The molecule has 1 aliphatic rings. The van der Waals surface area contributed by atoms with Gasteiger partial charge in [0.2, 0.25) is 0 Å². The average Bonchev–Trinajstić information content (AvgIpc) is 3.33. The van der Waals surface area contributed by atoms with Gasteiger partial charge in [-0.15, -0.1) is 23.7 Å². The van der Waals surface area contributed by atoms with E-state index in [9.17, 15) is 9.18 Å². The fourth-order valence-corrected chi connectivity index (χ4v) is 4.74. The molecule has 1 atom stereocenters. The number of aryl methyl sites for hydroxylation is 1. The fourth-order valence-electron chi connectivity index (χ4n) is 3.61. The highest BCUT2D eigenvalue weighted by atomic mass is 35.5. The molecule has 2 aromatic heterocycles.